The number of carbonyl (C=O) groups is 1. The molecule has 0 unspecified atom stereocenters. The summed E-state index contributed by atoms with van der Waals surface area (Å²) in [6, 6.07) is 11.9. The molecule has 0 bridgehead atoms. The van der Waals surface area contributed by atoms with Crippen LogP contribution in [0.25, 0.3) is 0 Å². The molecule has 0 aliphatic rings. The lowest BCUT2D eigenvalue weighted by Gasteiger charge is -2.09. The molecular weight excluding hydrogens is 273 g/mol. The molecule has 0 heterocycles. The number of carboxylic acids is 1. The third kappa shape index (κ3) is 3.95. The first kappa shape index (κ1) is 14.8. The summed E-state index contributed by atoms with van der Waals surface area (Å²) in [4.78, 5) is 10.9. The molecule has 0 radical (unpaired) electrons. The molecule has 0 spiro atoms. The van der Waals surface area contributed by atoms with Gasteiger partial charge in [-0.2, -0.15) is 0 Å². The molecule has 2 aromatic carbocycles. The lowest BCUT2D eigenvalue weighted by Crippen LogP contribution is -2.06. The van der Waals surface area contributed by atoms with E-state index in [-0.39, 0.29) is 17.0 Å². The molecule has 110 valence electrons. The highest BCUT2D eigenvalue weighted by Gasteiger charge is 2.14. The van der Waals surface area contributed by atoms with Gasteiger partial charge < -0.3 is 15.6 Å². The largest absolute Gasteiger partial charge is 0.490 e. The number of carboxylic acid groups (broad SMARTS) is 1. The van der Waals surface area contributed by atoms with Gasteiger partial charge in [-0.05, 0) is 24.5 Å². The van der Waals surface area contributed by atoms with Crippen molar-refractivity contribution in [3.05, 3.63) is 59.4 Å². The number of halogens is 1. The zero-order chi connectivity index (χ0) is 15.2. The van der Waals surface area contributed by atoms with Crippen molar-refractivity contribution in [2.75, 3.05) is 12.3 Å². The van der Waals surface area contributed by atoms with Crippen LogP contribution in [-0.2, 0) is 6.42 Å². The number of benzene rings is 2. The lowest BCUT2D eigenvalue weighted by molar-refractivity contribution is 0.0697. The van der Waals surface area contributed by atoms with Crippen molar-refractivity contribution < 1.29 is 19.0 Å². The summed E-state index contributed by atoms with van der Waals surface area (Å²) < 4.78 is 19.0. The van der Waals surface area contributed by atoms with Crippen LogP contribution in [-0.4, -0.2) is 17.7 Å². The maximum atomic E-state index is 13.6. The van der Waals surface area contributed by atoms with E-state index in [2.05, 4.69) is 0 Å². The summed E-state index contributed by atoms with van der Waals surface area (Å²) in [7, 11) is 0. The fraction of sp³-hybridized carbons (Fsp3) is 0.188. The number of nitrogen functional groups attached to an aromatic ring is 1. The Kier molecular flexibility index (Phi) is 4.77. The van der Waals surface area contributed by atoms with Crippen LogP contribution >= 0.6 is 0 Å². The normalized spacial score (nSPS) is 10.3. The van der Waals surface area contributed by atoms with Gasteiger partial charge in [0.1, 0.15) is 0 Å². The molecule has 0 saturated heterocycles. The molecular formula is C16H16FNO3. The van der Waals surface area contributed by atoms with Gasteiger partial charge in [0.05, 0.1) is 12.2 Å². The Morgan fingerprint density at radius 3 is 2.62 bits per heavy atom. The third-order valence-electron chi connectivity index (χ3n) is 3.04. The van der Waals surface area contributed by atoms with E-state index in [9.17, 15) is 9.18 Å². The average molecular weight is 289 g/mol. The summed E-state index contributed by atoms with van der Waals surface area (Å²) >= 11 is 0. The number of hydrogen-bond acceptors (Lipinski definition) is 3. The third-order valence-corrected chi connectivity index (χ3v) is 3.04. The van der Waals surface area contributed by atoms with Crippen LogP contribution < -0.4 is 10.5 Å². The molecule has 21 heavy (non-hydrogen) atoms. The SMILES string of the molecule is Nc1cc(F)c(OCCCc2ccccc2)cc1C(=O)O. The van der Waals surface area contributed by atoms with Crippen molar-refractivity contribution in [3.8, 4) is 5.75 Å². The van der Waals surface area contributed by atoms with Gasteiger partial charge in [0, 0.05) is 11.8 Å². The summed E-state index contributed by atoms with van der Waals surface area (Å²) in [5, 5.41) is 8.94. The summed E-state index contributed by atoms with van der Waals surface area (Å²) in [6.07, 6.45) is 1.51. The number of aromatic carboxylic acids is 1. The van der Waals surface area contributed by atoms with Crippen molar-refractivity contribution in [3.63, 3.8) is 0 Å². The van der Waals surface area contributed by atoms with E-state index in [1.54, 1.807) is 0 Å². The quantitative estimate of drug-likeness (QED) is 0.633. The average Bonchev–Trinajstić information content (AvgIpc) is 2.46. The van der Waals surface area contributed by atoms with Crippen LogP contribution in [0.3, 0.4) is 0 Å². The topological polar surface area (TPSA) is 72.5 Å². The highest BCUT2D eigenvalue weighted by Crippen LogP contribution is 2.24. The minimum Gasteiger partial charge on any atom is -0.490 e. The van der Waals surface area contributed by atoms with E-state index >= 15 is 0 Å². The second-order valence-corrected chi connectivity index (χ2v) is 4.61. The molecule has 2 aromatic rings. The van der Waals surface area contributed by atoms with Gasteiger partial charge in [-0.1, -0.05) is 30.3 Å². The predicted molar refractivity (Wildman–Crippen MR) is 78.0 cm³/mol. The van der Waals surface area contributed by atoms with Crippen molar-refractivity contribution in [1.82, 2.24) is 0 Å². The van der Waals surface area contributed by atoms with E-state index in [1.165, 1.54) is 5.56 Å². The van der Waals surface area contributed by atoms with E-state index in [0.29, 0.717) is 13.0 Å². The van der Waals surface area contributed by atoms with Crippen LogP contribution in [0.2, 0.25) is 0 Å². The molecule has 2 rings (SSSR count). The zero-order valence-electron chi connectivity index (χ0n) is 11.4. The summed E-state index contributed by atoms with van der Waals surface area (Å²) in [5.74, 6) is -1.95. The first-order valence-electron chi connectivity index (χ1n) is 6.57. The second-order valence-electron chi connectivity index (χ2n) is 4.61. The van der Waals surface area contributed by atoms with E-state index in [4.69, 9.17) is 15.6 Å². The Labute approximate surface area is 122 Å². The number of nitrogens with two attached hydrogens (primary N) is 1. The van der Waals surface area contributed by atoms with Crippen LogP contribution in [0.5, 0.6) is 5.75 Å². The van der Waals surface area contributed by atoms with Crippen molar-refractivity contribution in [2.24, 2.45) is 0 Å². The monoisotopic (exact) mass is 289 g/mol. The van der Waals surface area contributed by atoms with Gasteiger partial charge in [-0.15, -0.1) is 0 Å². The van der Waals surface area contributed by atoms with Crippen LogP contribution in [0.1, 0.15) is 22.3 Å². The van der Waals surface area contributed by atoms with Gasteiger partial charge in [0.25, 0.3) is 0 Å². The number of anilines is 1. The number of aryl methyl sites for hydroxylation is 1. The molecule has 0 saturated carbocycles. The Morgan fingerprint density at radius 2 is 1.95 bits per heavy atom. The molecule has 3 N–H and O–H groups in total. The zero-order valence-corrected chi connectivity index (χ0v) is 11.4. The van der Waals surface area contributed by atoms with Crippen LogP contribution in [0.4, 0.5) is 10.1 Å². The number of rotatable bonds is 6. The van der Waals surface area contributed by atoms with Gasteiger partial charge in [-0.3, -0.25) is 0 Å². The highest BCUT2D eigenvalue weighted by molar-refractivity contribution is 5.94. The summed E-state index contributed by atoms with van der Waals surface area (Å²) in [5.41, 5.74) is 6.34. The molecule has 5 heteroatoms. The molecule has 4 nitrogen and oxygen atoms in total. The second kappa shape index (κ2) is 6.74. The standard InChI is InChI=1S/C16H16FNO3/c17-13-10-14(18)12(16(19)20)9-15(13)21-8-4-7-11-5-2-1-3-6-11/h1-3,5-6,9-10H,4,7-8,18H2,(H,19,20). The van der Waals surface area contributed by atoms with Crippen molar-refractivity contribution in [2.45, 2.75) is 12.8 Å². The molecule has 0 atom stereocenters. The van der Waals surface area contributed by atoms with E-state index in [0.717, 1.165) is 18.6 Å². The molecule has 0 fully saturated rings. The lowest BCUT2D eigenvalue weighted by atomic mass is 10.1. The summed E-state index contributed by atoms with van der Waals surface area (Å²) in [6.45, 7) is 0.300. The minimum atomic E-state index is -1.21. The van der Waals surface area contributed by atoms with E-state index < -0.39 is 11.8 Å². The Morgan fingerprint density at radius 1 is 1.24 bits per heavy atom. The first-order chi connectivity index (χ1) is 10.1. The highest BCUT2D eigenvalue weighted by atomic mass is 19.1. The fourth-order valence-electron chi connectivity index (χ4n) is 1.97. The Balaban J connectivity index is 1.94. The Hall–Kier alpha value is -2.56. The van der Waals surface area contributed by atoms with Gasteiger partial charge in [-0.25, -0.2) is 9.18 Å². The maximum absolute atomic E-state index is 13.6. The molecule has 0 aliphatic heterocycles. The van der Waals surface area contributed by atoms with E-state index in [1.807, 2.05) is 30.3 Å². The van der Waals surface area contributed by atoms with Crippen molar-refractivity contribution >= 4 is 11.7 Å². The Bertz CT molecular complexity index is 629. The number of hydrogen-bond donors (Lipinski definition) is 2. The van der Waals surface area contributed by atoms with Gasteiger partial charge in [0.2, 0.25) is 0 Å². The predicted octanol–water partition coefficient (Wildman–Crippen LogP) is 3.12. The van der Waals surface area contributed by atoms with Gasteiger partial charge >= 0.3 is 5.97 Å². The maximum Gasteiger partial charge on any atom is 0.337 e. The van der Waals surface area contributed by atoms with Gasteiger partial charge in [0.15, 0.2) is 11.6 Å². The van der Waals surface area contributed by atoms with Crippen LogP contribution in [0.15, 0.2) is 42.5 Å². The fourth-order valence-corrected chi connectivity index (χ4v) is 1.97. The number of ether oxygens (including phenoxy) is 1. The molecule has 0 amide bonds. The molecule has 0 aliphatic carbocycles. The van der Waals surface area contributed by atoms with Crippen molar-refractivity contribution in [1.29, 1.82) is 0 Å². The minimum absolute atomic E-state index is 0.0883. The molecule has 0 aromatic heterocycles. The first-order valence-corrected chi connectivity index (χ1v) is 6.57. The smallest absolute Gasteiger partial charge is 0.337 e. The van der Waals surface area contributed by atoms with Crippen LogP contribution in [0, 0.1) is 5.82 Å².